The number of hydrogen-bond donors (Lipinski definition) is 0. The van der Waals surface area contributed by atoms with Crippen molar-refractivity contribution in [3.05, 3.63) is 42.0 Å². The van der Waals surface area contributed by atoms with Gasteiger partial charge in [-0.2, -0.15) is 0 Å². The number of esters is 2. The molecule has 0 bridgehead atoms. The molecule has 0 radical (unpaired) electrons. The number of rotatable bonds is 5. The van der Waals surface area contributed by atoms with E-state index in [4.69, 9.17) is 9.47 Å². The number of para-hydroxylation sites is 1. The highest BCUT2D eigenvalue weighted by Gasteiger charge is 2.57. The second-order valence-corrected chi connectivity index (χ2v) is 8.73. The van der Waals surface area contributed by atoms with Crippen LogP contribution >= 0.6 is 22.6 Å². The third-order valence-corrected chi connectivity index (χ3v) is 7.75. The topological polar surface area (TPSA) is 52.6 Å². The van der Waals surface area contributed by atoms with E-state index in [1.165, 1.54) is 0 Å². The summed E-state index contributed by atoms with van der Waals surface area (Å²) in [6, 6.07) is 6.66. The van der Waals surface area contributed by atoms with Gasteiger partial charge in [-0.05, 0) is 36.8 Å². The van der Waals surface area contributed by atoms with Gasteiger partial charge in [0.05, 0.1) is 0 Å². The molecule has 2 rings (SSSR count). The third kappa shape index (κ3) is 3.68. The Morgan fingerprint density at radius 3 is 2.46 bits per heavy atom. The minimum Gasteiger partial charge on any atom is -0.458 e. The van der Waals surface area contributed by atoms with Crippen molar-refractivity contribution < 1.29 is 19.1 Å². The molecule has 1 saturated carbocycles. The highest BCUT2D eigenvalue weighted by molar-refractivity contribution is 14.1. The number of carbonyl (C=O) groups is 2. The summed E-state index contributed by atoms with van der Waals surface area (Å²) >= 11 is 2.38. The normalized spacial score (nSPS) is 27.0. The van der Waals surface area contributed by atoms with Crippen LogP contribution in [0.2, 0.25) is 0 Å². The molecule has 1 aliphatic carbocycles. The van der Waals surface area contributed by atoms with Crippen LogP contribution in [0, 0.1) is 16.7 Å². The van der Waals surface area contributed by atoms with Gasteiger partial charge in [0.1, 0.15) is 17.4 Å². The van der Waals surface area contributed by atoms with Crippen molar-refractivity contribution in [3.8, 4) is 5.75 Å². The monoisotopic (exact) mass is 470 g/mol. The molecule has 1 fully saturated rings. The van der Waals surface area contributed by atoms with Crippen molar-refractivity contribution in [2.24, 2.45) is 16.7 Å². The number of carbonyl (C=O) groups excluding carboxylic acids is 2. The molecular formula is C21H27IO4. The van der Waals surface area contributed by atoms with E-state index in [0.29, 0.717) is 5.92 Å². The summed E-state index contributed by atoms with van der Waals surface area (Å²) in [5.74, 6) is -0.373. The first-order valence-electron chi connectivity index (χ1n) is 8.78. The minimum absolute atomic E-state index is 0.0606. The Labute approximate surface area is 169 Å². The van der Waals surface area contributed by atoms with Gasteiger partial charge in [-0.3, -0.25) is 0 Å². The molecule has 0 aliphatic heterocycles. The smallest absolute Gasteiger partial charge is 0.342 e. The van der Waals surface area contributed by atoms with Crippen LogP contribution in [0.15, 0.2) is 36.4 Å². The first-order chi connectivity index (χ1) is 12.0. The summed E-state index contributed by atoms with van der Waals surface area (Å²) in [5.41, 5.74) is 0.476. The molecule has 0 spiro atoms. The van der Waals surface area contributed by atoms with E-state index >= 15 is 0 Å². The predicted octanol–water partition coefficient (Wildman–Crippen LogP) is 5.20. The van der Waals surface area contributed by atoms with Crippen LogP contribution in [-0.2, 0) is 9.53 Å². The fourth-order valence-corrected chi connectivity index (χ4v) is 4.87. The molecule has 1 aromatic rings. The molecule has 0 heterocycles. The summed E-state index contributed by atoms with van der Waals surface area (Å²) in [6.07, 6.45) is 0.646. The third-order valence-electron chi connectivity index (χ3n) is 6.17. The Morgan fingerprint density at radius 2 is 1.88 bits per heavy atom. The molecule has 26 heavy (non-hydrogen) atoms. The van der Waals surface area contributed by atoms with Crippen LogP contribution in [0.5, 0.6) is 5.75 Å². The van der Waals surface area contributed by atoms with Crippen LogP contribution < -0.4 is 4.74 Å². The molecule has 0 saturated heterocycles. The molecule has 3 unspecified atom stereocenters. The lowest BCUT2D eigenvalue weighted by Gasteiger charge is -2.42. The number of benzene rings is 1. The Morgan fingerprint density at radius 1 is 1.27 bits per heavy atom. The maximum atomic E-state index is 12.9. The van der Waals surface area contributed by atoms with Gasteiger partial charge in [0.2, 0.25) is 0 Å². The maximum absolute atomic E-state index is 12.9. The Bertz CT molecular complexity index is 724. The SMILES string of the molecule is C=C(C)C(=O)Oc1ccccc1C(=O)OC1CC(C)C(C)(C)C1(C)CI. The van der Waals surface area contributed by atoms with E-state index in [0.717, 1.165) is 10.8 Å². The summed E-state index contributed by atoms with van der Waals surface area (Å²) in [5, 5.41) is 0. The van der Waals surface area contributed by atoms with Gasteiger partial charge in [-0.15, -0.1) is 0 Å². The number of ether oxygens (including phenoxy) is 2. The summed E-state index contributed by atoms with van der Waals surface area (Å²) in [4.78, 5) is 24.7. The largest absolute Gasteiger partial charge is 0.458 e. The standard InChI is InChI=1S/C21H27IO4/c1-13(2)18(23)25-16-10-8-7-9-15(16)19(24)26-17-11-14(3)20(4,5)21(17,6)12-22/h7-10,14,17H,1,11-12H2,2-6H3. The number of alkyl halides is 1. The minimum atomic E-state index is -0.557. The van der Waals surface area contributed by atoms with Crippen molar-refractivity contribution >= 4 is 34.5 Å². The van der Waals surface area contributed by atoms with Crippen molar-refractivity contribution in [2.45, 2.75) is 47.1 Å². The van der Waals surface area contributed by atoms with E-state index in [9.17, 15) is 9.59 Å². The van der Waals surface area contributed by atoms with E-state index in [-0.39, 0.29) is 33.8 Å². The van der Waals surface area contributed by atoms with Crippen molar-refractivity contribution in [3.63, 3.8) is 0 Å². The lowest BCUT2D eigenvalue weighted by atomic mass is 9.67. The summed E-state index contributed by atoms with van der Waals surface area (Å²) < 4.78 is 12.1. The van der Waals surface area contributed by atoms with Gasteiger partial charge >= 0.3 is 11.9 Å². The molecule has 0 aromatic heterocycles. The average molecular weight is 470 g/mol. The van der Waals surface area contributed by atoms with Gasteiger partial charge in [-0.1, -0.05) is 69.0 Å². The maximum Gasteiger partial charge on any atom is 0.342 e. The average Bonchev–Trinajstić information content (AvgIpc) is 2.75. The van der Waals surface area contributed by atoms with Crippen LogP contribution in [-0.4, -0.2) is 22.5 Å². The zero-order valence-electron chi connectivity index (χ0n) is 16.1. The van der Waals surface area contributed by atoms with E-state index in [1.54, 1.807) is 31.2 Å². The second-order valence-electron chi connectivity index (χ2n) is 7.97. The number of halogens is 1. The second kappa shape index (κ2) is 7.71. The Hall–Kier alpha value is -1.37. The van der Waals surface area contributed by atoms with Crippen LogP contribution in [0.3, 0.4) is 0 Å². The van der Waals surface area contributed by atoms with Crippen LogP contribution in [0.1, 0.15) is 51.4 Å². The highest BCUT2D eigenvalue weighted by Crippen LogP contribution is 2.57. The number of hydrogen-bond acceptors (Lipinski definition) is 4. The van der Waals surface area contributed by atoms with E-state index in [1.807, 2.05) is 0 Å². The van der Waals surface area contributed by atoms with Gasteiger partial charge in [0.25, 0.3) is 0 Å². The van der Waals surface area contributed by atoms with Gasteiger partial charge in [0.15, 0.2) is 0 Å². The molecule has 3 atom stereocenters. The summed E-state index contributed by atoms with van der Waals surface area (Å²) in [6.45, 7) is 14.0. The molecule has 1 aromatic carbocycles. The highest BCUT2D eigenvalue weighted by atomic mass is 127. The van der Waals surface area contributed by atoms with Gasteiger partial charge in [-0.25, -0.2) is 9.59 Å². The molecule has 0 N–H and O–H groups in total. The molecule has 4 nitrogen and oxygen atoms in total. The van der Waals surface area contributed by atoms with E-state index in [2.05, 4.69) is 56.9 Å². The van der Waals surface area contributed by atoms with Crippen LogP contribution in [0.25, 0.3) is 0 Å². The lowest BCUT2D eigenvalue weighted by molar-refractivity contribution is -0.130. The van der Waals surface area contributed by atoms with Crippen molar-refractivity contribution in [1.82, 2.24) is 0 Å². The molecule has 1 aliphatic rings. The fraction of sp³-hybridized carbons (Fsp3) is 0.524. The fourth-order valence-electron chi connectivity index (χ4n) is 3.39. The predicted molar refractivity (Wildman–Crippen MR) is 111 cm³/mol. The van der Waals surface area contributed by atoms with Crippen molar-refractivity contribution in [2.75, 3.05) is 4.43 Å². The first-order valence-corrected chi connectivity index (χ1v) is 10.3. The van der Waals surface area contributed by atoms with E-state index < -0.39 is 11.9 Å². The Balaban J connectivity index is 2.26. The molecule has 5 heteroatoms. The van der Waals surface area contributed by atoms with Crippen LogP contribution in [0.4, 0.5) is 0 Å². The molecule has 142 valence electrons. The summed E-state index contributed by atoms with van der Waals surface area (Å²) in [7, 11) is 0. The molecular weight excluding hydrogens is 443 g/mol. The molecule has 0 amide bonds. The quantitative estimate of drug-likeness (QED) is 0.195. The zero-order chi connectivity index (χ0) is 19.7. The van der Waals surface area contributed by atoms with Gasteiger partial charge in [0, 0.05) is 15.4 Å². The zero-order valence-corrected chi connectivity index (χ0v) is 18.3. The van der Waals surface area contributed by atoms with Gasteiger partial charge < -0.3 is 9.47 Å². The Kier molecular flexibility index (Phi) is 6.20. The first kappa shape index (κ1) is 20.9. The lowest BCUT2D eigenvalue weighted by Crippen LogP contribution is -2.42. The van der Waals surface area contributed by atoms with Crippen molar-refractivity contribution in [1.29, 1.82) is 0 Å².